The molecule has 2 rings (SSSR count). The van der Waals surface area contributed by atoms with Crippen molar-refractivity contribution in [2.24, 2.45) is 5.10 Å². The minimum atomic E-state index is -3.83. The lowest BCUT2D eigenvalue weighted by molar-refractivity contribution is 0.251. The van der Waals surface area contributed by atoms with Crippen molar-refractivity contribution in [1.29, 1.82) is 0 Å². The molecule has 0 radical (unpaired) electrons. The average molecular weight is 390 g/mol. The molecule has 2 aromatic rings. The molecular weight excluding hydrogens is 374 g/mol. The zero-order valence-corrected chi connectivity index (χ0v) is 14.8. The first-order valence-corrected chi connectivity index (χ1v) is 9.70. The summed E-state index contributed by atoms with van der Waals surface area (Å²) in [7, 11) is -3.83. The number of rotatable bonds is 9. The smallest absolute Gasteiger partial charge is 0.284 e. The first-order valence-electron chi connectivity index (χ1n) is 7.17. The summed E-state index contributed by atoms with van der Waals surface area (Å²) >= 11 is 0.434. The fourth-order valence-corrected chi connectivity index (χ4v) is 3.02. The molecule has 0 fully saturated rings. The lowest BCUT2D eigenvalue weighted by Gasteiger charge is -2.05. The second-order valence-electron chi connectivity index (χ2n) is 4.63. The van der Waals surface area contributed by atoms with E-state index in [9.17, 15) is 17.2 Å². The molecule has 0 saturated heterocycles. The van der Waals surface area contributed by atoms with Gasteiger partial charge in [-0.25, -0.2) is 0 Å². The summed E-state index contributed by atoms with van der Waals surface area (Å²) < 4.78 is 58.9. The summed E-state index contributed by atoms with van der Waals surface area (Å²) in [6, 6.07) is 8.92. The summed E-state index contributed by atoms with van der Waals surface area (Å²) in [5.41, 5.74) is 0. The summed E-state index contributed by atoms with van der Waals surface area (Å²) in [4.78, 5) is 2.08. The minimum absolute atomic E-state index is 0.0173. The van der Waals surface area contributed by atoms with Gasteiger partial charge < -0.3 is 9.15 Å². The van der Waals surface area contributed by atoms with E-state index in [0.29, 0.717) is 29.9 Å². The molecule has 0 atom stereocenters. The summed E-state index contributed by atoms with van der Waals surface area (Å²) in [6.45, 7) is 2.31. The fraction of sp³-hybridized carbons (Fsp3) is 0.267. The van der Waals surface area contributed by atoms with E-state index in [1.54, 1.807) is 12.1 Å². The minimum Gasteiger partial charge on any atom is -0.494 e. The lowest BCUT2D eigenvalue weighted by Crippen LogP contribution is -2.18. The molecule has 6 nitrogen and oxygen atoms in total. The summed E-state index contributed by atoms with van der Waals surface area (Å²) in [6.07, 6.45) is 1.16. The molecule has 1 heterocycles. The Kier molecular flexibility index (Phi) is 6.82. The SMILES string of the molecule is CCOc1ccc(S(=O)(=O)N/N=C\c2ccc(CSC(F)F)o2)cc1. The van der Waals surface area contributed by atoms with Gasteiger partial charge in [0.1, 0.15) is 17.3 Å². The monoisotopic (exact) mass is 390 g/mol. The standard InChI is InChI=1S/C15H16F2N2O4S2/c1-2-22-11-5-7-14(8-6-11)25(20,21)19-18-9-12-3-4-13(23-12)10-24-15(16)17/h3-9,15,19H,2,10H2,1H3/b18-9-. The van der Waals surface area contributed by atoms with Gasteiger partial charge in [0, 0.05) is 0 Å². The van der Waals surface area contributed by atoms with E-state index in [-0.39, 0.29) is 16.4 Å². The van der Waals surface area contributed by atoms with Crippen molar-refractivity contribution < 1.29 is 26.4 Å². The van der Waals surface area contributed by atoms with Gasteiger partial charge in [0.25, 0.3) is 15.8 Å². The Hall–Kier alpha value is -2.07. The van der Waals surface area contributed by atoms with Gasteiger partial charge in [0.2, 0.25) is 0 Å². The van der Waals surface area contributed by atoms with Gasteiger partial charge in [0.15, 0.2) is 0 Å². The first kappa shape index (κ1) is 19.3. The van der Waals surface area contributed by atoms with Crippen molar-refractivity contribution in [3.63, 3.8) is 0 Å². The normalized spacial score (nSPS) is 12.0. The van der Waals surface area contributed by atoms with Crippen molar-refractivity contribution in [3.05, 3.63) is 47.9 Å². The average Bonchev–Trinajstić information content (AvgIpc) is 3.01. The van der Waals surface area contributed by atoms with E-state index in [1.165, 1.54) is 24.3 Å². The van der Waals surface area contributed by atoms with Crippen LogP contribution in [-0.2, 0) is 15.8 Å². The van der Waals surface area contributed by atoms with Gasteiger partial charge in [0.05, 0.1) is 23.5 Å². The van der Waals surface area contributed by atoms with Crippen LogP contribution in [0.5, 0.6) is 5.75 Å². The molecule has 0 saturated carbocycles. The Labute approximate surface area is 148 Å². The highest BCUT2D eigenvalue weighted by Crippen LogP contribution is 2.20. The Balaban J connectivity index is 1.95. The molecule has 0 aliphatic carbocycles. The number of hydrazone groups is 1. The maximum atomic E-state index is 12.1. The molecule has 0 unspecified atom stereocenters. The van der Waals surface area contributed by atoms with Gasteiger partial charge in [-0.3, -0.25) is 0 Å². The predicted octanol–water partition coefficient (Wildman–Crippen LogP) is 3.45. The molecular formula is C15H16F2N2O4S2. The third kappa shape index (κ3) is 6.05. The molecule has 0 amide bonds. The number of hydrogen-bond donors (Lipinski definition) is 1. The van der Waals surface area contributed by atoms with Gasteiger partial charge in [-0.1, -0.05) is 11.8 Å². The molecule has 1 aromatic carbocycles. The van der Waals surface area contributed by atoms with Crippen LogP contribution in [0.4, 0.5) is 8.78 Å². The van der Waals surface area contributed by atoms with E-state index in [0.717, 1.165) is 6.21 Å². The highest BCUT2D eigenvalue weighted by Gasteiger charge is 2.12. The second-order valence-corrected chi connectivity index (χ2v) is 7.27. The van der Waals surface area contributed by atoms with Crippen LogP contribution < -0.4 is 9.57 Å². The zero-order chi connectivity index (χ0) is 18.3. The number of sulfonamides is 1. The van der Waals surface area contributed by atoms with E-state index in [1.807, 2.05) is 6.92 Å². The molecule has 25 heavy (non-hydrogen) atoms. The molecule has 0 spiro atoms. The van der Waals surface area contributed by atoms with Crippen molar-refractivity contribution >= 4 is 28.0 Å². The van der Waals surface area contributed by atoms with Crippen LogP contribution in [-0.4, -0.2) is 27.0 Å². The molecule has 0 aliphatic heterocycles. The van der Waals surface area contributed by atoms with Crippen LogP contribution in [0, 0.1) is 0 Å². The third-order valence-electron chi connectivity index (χ3n) is 2.84. The molecule has 0 bridgehead atoms. The highest BCUT2D eigenvalue weighted by atomic mass is 32.2. The predicted molar refractivity (Wildman–Crippen MR) is 91.5 cm³/mol. The van der Waals surface area contributed by atoms with Crippen LogP contribution in [0.25, 0.3) is 0 Å². The number of alkyl halides is 2. The van der Waals surface area contributed by atoms with Gasteiger partial charge in [-0.15, -0.1) is 0 Å². The third-order valence-corrected chi connectivity index (χ3v) is 4.79. The topological polar surface area (TPSA) is 80.9 Å². The molecule has 1 aromatic heterocycles. The number of furan rings is 1. The molecule has 0 aliphatic rings. The highest BCUT2D eigenvalue weighted by molar-refractivity contribution is 7.98. The van der Waals surface area contributed by atoms with Gasteiger partial charge in [-0.2, -0.15) is 27.1 Å². The number of ether oxygens (including phenoxy) is 1. The van der Waals surface area contributed by atoms with Crippen molar-refractivity contribution in [2.45, 2.75) is 23.3 Å². The zero-order valence-electron chi connectivity index (χ0n) is 13.2. The number of halogens is 2. The maximum Gasteiger partial charge on any atom is 0.284 e. The van der Waals surface area contributed by atoms with E-state index < -0.39 is 15.8 Å². The number of nitrogens with zero attached hydrogens (tertiary/aromatic N) is 1. The molecule has 136 valence electrons. The van der Waals surface area contributed by atoms with E-state index in [2.05, 4.69) is 9.93 Å². The Morgan fingerprint density at radius 1 is 1.28 bits per heavy atom. The first-order chi connectivity index (χ1) is 11.9. The molecule has 1 N–H and O–H groups in total. The number of hydrogen-bond acceptors (Lipinski definition) is 6. The van der Waals surface area contributed by atoms with Crippen LogP contribution in [0.3, 0.4) is 0 Å². The van der Waals surface area contributed by atoms with Crippen molar-refractivity contribution in [2.75, 3.05) is 6.61 Å². The second kappa shape index (κ2) is 8.86. The summed E-state index contributed by atoms with van der Waals surface area (Å²) in [5.74, 6) is -1.30. The van der Waals surface area contributed by atoms with Crippen LogP contribution in [0.15, 0.2) is 50.8 Å². The van der Waals surface area contributed by atoms with E-state index >= 15 is 0 Å². The number of nitrogens with one attached hydrogen (secondary N) is 1. The Morgan fingerprint density at radius 3 is 2.64 bits per heavy atom. The maximum absolute atomic E-state index is 12.1. The molecule has 10 heteroatoms. The van der Waals surface area contributed by atoms with Gasteiger partial charge >= 0.3 is 0 Å². The Bertz CT molecular complexity index is 805. The van der Waals surface area contributed by atoms with Crippen LogP contribution >= 0.6 is 11.8 Å². The fourth-order valence-electron chi connectivity index (χ4n) is 1.78. The van der Waals surface area contributed by atoms with Crippen LogP contribution in [0.1, 0.15) is 18.4 Å². The number of thioether (sulfide) groups is 1. The lowest BCUT2D eigenvalue weighted by atomic mass is 10.3. The quantitative estimate of drug-likeness (QED) is 0.524. The largest absolute Gasteiger partial charge is 0.494 e. The van der Waals surface area contributed by atoms with E-state index in [4.69, 9.17) is 9.15 Å². The Morgan fingerprint density at radius 2 is 2.00 bits per heavy atom. The summed E-state index contributed by atoms with van der Waals surface area (Å²) in [5, 5.41) is 3.61. The van der Waals surface area contributed by atoms with Crippen molar-refractivity contribution in [3.8, 4) is 5.75 Å². The number of benzene rings is 1. The van der Waals surface area contributed by atoms with Gasteiger partial charge in [-0.05, 0) is 43.3 Å². The van der Waals surface area contributed by atoms with Crippen LogP contribution in [0.2, 0.25) is 0 Å². The van der Waals surface area contributed by atoms with Crippen molar-refractivity contribution in [1.82, 2.24) is 4.83 Å².